The fourth-order valence-electron chi connectivity index (χ4n) is 3.27. The molecule has 0 spiro atoms. The highest BCUT2D eigenvalue weighted by Crippen LogP contribution is 2.73. The molecule has 1 aromatic rings. The standard InChI is InChI=1S/C12H12OS/c1-11-7-5-3-4-6-8(7)12(2,13-11)10-9(11)14-10/h3-6,9-10H,1-2H3. The summed E-state index contributed by atoms with van der Waals surface area (Å²) in [5, 5.41) is 1.42. The maximum Gasteiger partial charge on any atom is 0.105 e. The fourth-order valence-corrected chi connectivity index (χ4v) is 4.89. The molecule has 0 N–H and O–H groups in total. The quantitative estimate of drug-likeness (QED) is 0.601. The summed E-state index contributed by atoms with van der Waals surface area (Å²) in [7, 11) is 0. The van der Waals surface area contributed by atoms with Gasteiger partial charge < -0.3 is 4.74 Å². The first kappa shape index (κ1) is 7.77. The minimum Gasteiger partial charge on any atom is -0.357 e. The first-order chi connectivity index (χ1) is 6.66. The van der Waals surface area contributed by atoms with E-state index in [-0.39, 0.29) is 11.2 Å². The Morgan fingerprint density at radius 1 is 1.07 bits per heavy atom. The van der Waals surface area contributed by atoms with Crippen LogP contribution < -0.4 is 0 Å². The molecule has 72 valence electrons. The second-order valence-corrected chi connectivity index (χ2v) is 6.13. The van der Waals surface area contributed by atoms with Gasteiger partial charge in [0.2, 0.25) is 0 Å². The van der Waals surface area contributed by atoms with E-state index in [9.17, 15) is 0 Å². The van der Waals surface area contributed by atoms with Crippen LogP contribution in [-0.4, -0.2) is 10.5 Å². The lowest BCUT2D eigenvalue weighted by molar-refractivity contribution is -0.0671. The second-order valence-electron chi connectivity index (χ2n) is 4.84. The summed E-state index contributed by atoms with van der Waals surface area (Å²) in [4.78, 5) is 0. The molecule has 1 nitrogen and oxygen atoms in total. The normalized spacial score (nSPS) is 51.6. The lowest BCUT2D eigenvalue weighted by Gasteiger charge is -2.22. The Hall–Kier alpha value is -0.470. The van der Waals surface area contributed by atoms with Gasteiger partial charge in [0, 0.05) is 0 Å². The van der Waals surface area contributed by atoms with Crippen molar-refractivity contribution in [3.63, 3.8) is 0 Å². The molecule has 1 aromatic carbocycles. The zero-order valence-electron chi connectivity index (χ0n) is 8.28. The van der Waals surface area contributed by atoms with Crippen LogP contribution >= 0.6 is 11.8 Å². The molecule has 0 aliphatic carbocycles. The van der Waals surface area contributed by atoms with Crippen LogP contribution in [0.4, 0.5) is 0 Å². The second kappa shape index (κ2) is 1.91. The molecule has 3 heterocycles. The highest BCUT2D eigenvalue weighted by molar-refractivity contribution is 8.08. The number of hydrogen-bond donors (Lipinski definition) is 0. The number of benzene rings is 1. The molecule has 0 amide bonds. The Labute approximate surface area is 87.8 Å². The van der Waals surface area contributed by atoms with Crippen molar-refractivity contribution >= 4 is 11.8 Å². The Balaban J connectivity index is 2.08. The summed E-state index contributed by atoms with van der Waals surface area (Å²) in [5.41, 5.74) is 2.85. The van der Waals surface area contributed by atoms with Gasteiger partial charge in [-0.15, -0.1) is 11.8 Å². The lowest BCUT2D eigenvalue weighted by atomic mass is 9.78. The summed E-state index contributed by atoms with van der Waals surface area (Å²) in [6, 6.07) is 8.71. The molecule has 14 heavy (non-hydrogen) atoms. The van der Waals surface area contributed by atoms with Gasteiger partial charge in [-0.3, -0.25) is 0 Å². The number of thioether (sulfide) groups is 1. The van der Waals surface area contributed by atoms with E-state index in [1.54, 1.807) is 0 Å². The van der Waals surface area contributed by atoms with E-state index < -0.39 is 0 Å². The van der Waals surface area contributed by atoms with E-state index in [2.05, 4.69) is 49.9 Å². The van der Waals surface area contributed by atoms with Gasteiger partial charge in [0.1, 0.15) is 11.2 Å². The topological polar surface area (TPSA) is 9.23 Å². The minimum atomic E-state index is 0.000671. The van der Waals surface area contributed by atoms with Crippen LogP contribution in [0.5, 0.6) is 0 Å². The molecule has 0 saturated carbocycles. The molecule has 0 aromatic heterocycles. The van der Waals surface area contributed by atoms with Gasteiger partial charge in [-0.2, -0.15) is 0 Å². The van der Waals surface area contributed by atoms with E-state index in [1.165, 1.54) is 11.1 Å². The molecule has 4 unspecified atom stereocenters. The molecule has 3 aliphatic heterocycles. The first-order valence-electron chi connectivity index (χ1n) is 5.12. The van der Waals surface area contributed by atoms with Crippen molar-refractivity contribution in [1.29, 1.82) is 0 Å². The smallest absolute Gasteiger partial charge is 0.105 e. The summed E-state index contributed by atoms with van der Waals surface area (Å²) < 4.78 is 6.26. The Morgan fingerprint density at radius 2 is 1.57 bits per heavy atom. The molecule has 0 radical (unpaired) electrons. The van der Waals surface area contributed by atoms with Crippen LogP contribution in [0.2, 0.25) is 0 Å². The van der Waals surface area contributed by atoms with Crippen LogP contribution in [0, 0.1) is 0 Å². The van der Waals surface area contributed by atoms with Crippen LogP contribution in [-0.2, 0) is 15.9 Å². The zero-order chi connectivity index (χ0) is 9.55. The maximum atomic E-state index is 6.26. The number of rotatable bonds is 0. The average Bonchev–Trinajstić information content (AvgIpc) is 2.90. The molecule has 2 saturated heterocycles. The van der Waals surface area contributed by atoms with Crippen molar-refractivity contribution in [2.24, 2.45) is 0 Å². The molecule has 2 heteroatoms. The van der Waals surface area contributed by atoms with Crippen molar-refractivity contribution in [2.75, 3.05) is 0 Å². The monoisotopic (exact) mass is 204 g/mol. The van der Waals surface area contributed by atoms with Crippen LogP contribution in [0.1, 0.15) is 25.0 Å². The average molecular weight is 204 g/mol. The third kappa shape index (κ3) is 0.591. The summed E-state index contributed by atoms with van der Waals surface area (Å²) in [6.07, 6.45) is 0. The van der Waals surface area contributed by atoms with E-state index in [4.69, 9.17) is 4.74 Å². The zero-order valence-corrected chi connectivity index (χ0v) is 9.10. The predicted molar refractivity (Wildman–Crippen MR) is 57.4 cm³/mol. The minimum absolute atomic E-state index is 0.000671. The third-order valence-electron chi connectivity index (χ3n) is 4.00. The van der Waals surface area contributed by atoms with E-state index in [0.717, 1.165) is 0 Å². The van der Waals surface area contributed by atoms with E-state index in [1.807, 2.05) is 0 Å². The Bertz CT molecular complexity index is 405. The molecule has 3 aliphatic rings. The molecular weight excluding hydrogens is 192 g/mol. The van der Waals surface area contributed by atoms with Crippen molar-refractivity contribution < 1.29 is 4.74 Å². The molecule has 2 fully saturated rings. The van der Waals surface area contributed by atoms with Crippen molar-refractivity contribution in [3.8, 4) is 0 Å². The number of hydrogen-bond acceptors (Lipinski definition) is 2. The van der Waals surface area contributed by atoms with Crippen LogP contribution in [0.3, 0.4) is 0 Å². The predicted octanol–water partition coefficient (Wildman–Crippen LogP) is 2.64. The number of ether oxygens (including phenoxy) is 1. The summed E-state index contributed by atoms with van der Waals surface area (Å²) in [5.74, 6) is 0. The fraction of sp³-hybridized carbons (Fsp3) is 0.500. The van der Waals surface area contributed by atoms with E-state index in [0.29, 0.717) is 10.5 Å². The Kier molecular flexibility index (Phi) is 1.06. The summed E-state index contributed by atoms with van der Waals surface area (Å²) in [6.45, 7) is 4.50. The van der Waals surface area contributed by atoms with Crippen LogP contribution in [0.15, 0.2) is 24.3 Å². The van der Waals surface area contributed by atoms with Gasteiger partial charge in [-0.25, -0.2) is 0 Å². The van der Waals surface area contributed by atoms with Crippen molar-refractivity contribution in [2.45, 2.75) is 35.5 Å². The van der Waals surface area contributed by atoms with Crippen LogP contribution in [0.25, 0.3) is 0 Å². The molecule has 4 atom stereocenters. The van der Waals surface area contributed by atoms with Crippen molar-refractivity contribution in [3.05, 3.63) is 35.4 Å². The molecule has 4 rings (SSSR count). The first-order valence-corrected chi connectivity index (χ1v) is 6.06. The highest BCUT2D eigenvalue weighted by atomic mass is 32.2. The largest absolute Gasteiger partial charge is 0.357 e. The van der Waals surface area contributed by atoms with Gasteiger partial charge in [0.25, 0.3) is 0 Å². The van der Waals surface area contributed by atoms with Gasteiger partial charge in [-0.05, 0) is 25.0 Å². The molecular formula is C12H12OS. The van der Waals surface area contributed by atoms with Gasteiger partial charge in [-0.1, -0.05) is 24.3 Å². The maximum absolute atomic E-state index is 6.26. The highest BCUT2D eigenvalue weighted by Gasteiger charge is 2.74. The lowest BCUT2D eigenvalue weighted by Crippen LogP contribution is -2.26. The van der Waals surface area contributed by atoms with Gasteiger partial charge in [0.05, 0.1) is 10.5 Å². The van der Waals surface area contributed by atoms with Gasteiger partial charge in [0.15, 0.2) is 0 Å². The number of fused-ring (bicyclic) bond motifs is 8. The molecule has 2 bridgehead atoms. The summed E-state index contributed by atoms with van der Waals surface area (Å²) >= 11 is 2.09. The Morgan fingerprint density at radius 3 is 2.07 bits per heavy atom. The third-order valence-corrected chi connectivity index (χ3v) is 5.71. The van der Waals surface area contributed by atoms with E-state index >= 15 is 0 Å². The van der Waals surface area contributed by atoms with Gasteiger partial charge >= 0.3 is 0 Å². The van der Waals surface area contributed by atoms with Crippen molar-refractivity contribution in [1.82, 2.24) is 0 Å². The SMILES string of the molecule is CC12OC(C)(c3ccccc31)C1SC12.